The van der Waals surface area contributed by atoms with Crippen LogP contribution in [0.4, 0.5) is 5.69 Å². The summed E-state index contributed by atoms with van der Waals surface area (Å²) in [6.07, 6.45) is 1.58. The summed E-state index contributed by atoms with van der Waals surface area (Å²) in [5, 5.41) is 15.4. The first-order valence-corrected chi connectivity index (χ1v) is 18.2. The number of amides is 4. The lowest BCUT2D eigenvalue weighted by molar-refractivity contribution is -0.147. The molecule has 1 aliphatic heterocycles. The van der Waals surface area contributed by atoms with E-state index < -0.39 is 36.3 Å². The first-order valence-electron chi connectivity index (χ1n) is 18.2. The van der Waals surface area contributed by atoms with Crippen LogP contribution in [0.25, 0.3) is 0 Å². The van der Waals surface area contributed by atoms with Gasteiger partial charge in [0.2, 0.25) is 23.6 Å². The molecule has 286 valence electrons. The Morgan fingerprint density at radius 3 is 2.31 bits per heavy atom. The van der Waals surface area contributed by atoms with Gasteiger partial charge in [-0.05, 0) is 62.9 Å². The summed E-state index contributed by atoms with van der Waals surface area (Å²) < 4.78 is 11.9. The number of carbonyl (C=O) groups is 4. The van der Waals surface area contributed by atoms with Crippen LogP contribution in [-0.4, -0.2) is 123 Å². The minimum Gasteiger partial charge on any atom is -0.399 e. The fourth-order valence-corrected chi connectivity index (χ4v) is 7.17. The molecule has 2 rings (SSSR count). The fourth-order valence-electron chi connectivity index (χ4n) is 7.17. The van der Waals surface area contributed by atoms with Gasteiger partial charge in [0.1, 0.15) is 6.04 Å². The van der Waals surface area contributed by atoms with Crippen molar-refractivity contribution in [2.45, 2.75) is 110 Å². The van der Waals surface area contributed by atoms with Crippen LogP contribution in [0.1, 0.15) is 72.3 Å². The number of benzene rings is 1. The van der Waals surface area contributed by atoms with Gasteiger partial charge < -0.3 is 40.5 Å². The molecule has 0 spiro atoms. The molecule has 1 unspecified atom stereocenters. The Labute approximate surface area is 305 Å². The second kappa shape index (κ2) is 21.0. The number of carbonyl (C=O) groups excluding carboxylic acids is 4. The number of anilines is 1. The van der Waals surface area contributed by atoms with E-state index in [-0.39, 0.29) is 60.9 Å². The van der Waals surface area contributed by atoms with Crippen LogP contribution in [0.5, 0.6) is 0 Å². The molecule has 0 bridgehead atoms. The lowest BCUT2D eigenvalue weighted by Crippen LogP contribution is -2.58. The Hall–Kier alpha value is -3.73. The number of ether oxygens (including phenoxy) is 2. The van der Waals surface area contributed by atoms with Crippen molar-refractivity contribution in [2.24, 2.45) is 17.8 Å². The maximum absolute atomic E-state index is 14.1. The van der Waals surface area contributed by atoms with Crippen molar-refractivity contribution in [3.63, 3.8) is 0 Å². The van der Waals surface area contributed by atoms with Gasteiger partial charge in [-0.3, -0.25) is 19.2 Å². The lowest BCUT2D eigenvalue weighted by Gasteiger charge is -2.41. The van der Waals surface area contributed by atoms with Gasteiger partial charge in [0, 0.05) is 39.5 Å². The zero-order chi connectivity index (χ0) is 38.4. The normalized spacial score (nSPS) is 18.6. The van der Waals surface area contributed by atoms with E-state index >= 15 is 0 Å². The van der Waals surface area contributed by atoms with Gasteiger partial charge in [0.05, 0.1) is 55.7 Å². The van der Waals surface area contributed by atoms with Crippen molar-refractivity contribution in [3.8, 4) is 6.07 Å². The SMILES string of the molecule is CC[C@H](C)[C@@H]([C@@H](CC(=O)N1CCC[C@H]1[C@H](OC)[C@@H](C)C(=O)N[C@H](CC#N)Cc1cccc(N)c1)OC)N(C)C(=O)C(NC(=O)CN(C)C)C(C)C. The van der Waals surface area contributed by atoms with Gasteiger partial charge in [-0.15, -0.1) is 0 Å². The molecular formula is C38H63N7O6. The van der Waals surface area contributed by atoms with Crippen molar-refractivity contribution in [3.05, 3.63) is 29.8 Å². The molecule has 13 heteroatoms. The zero-order valence-electron chi connectivity index (χ0n) is 32.5. The van der Waals surface area contributed by atoms with Gasteiger partial charge in [-0.25, -0.2) is 0 Å². The molecule has 1 heterocycles. The molecular weight excluding hydrogens is 650 g/mol. The zero-order valence-corrected chi connectivity index (χ0v) is 32.5. The highest BCUT2D eigenvalue weighted by molar-refractivity contribution is 5.89. The molecule has 4 N–H and O–H groups in total. The molecule has 51 heavy (non-hydrogen) atoms. The van der Waals surface area contributed by atoms with Crippen LogP contribution in [0.2, 0.25) is 0 Å². The highest BCUT2D eigenvalue weighted by atomic mass is 16.5. The number of likely N-dealkylation sites (N-methyl/N-ethyl adjacent to an activating group) is 2. The average molecular weight is 714 g/mol. The molecule has 1 fully saturated rings. The summed E-state index contributed by atoms with van der Waals surface area (Å²) in [4.78, 5) is 59.5. The first-order chi connectivity index (χ1) is 24.1. The Morgan fingerprint density at radius 2 is 1.76 bits per heavy atom. The molecule has 0 aliphatic carbocycles. The lowest BCUT2D eigenvalue weighted by atomic mass is 9.89. The molecule has 0 saturated carbocycles. The molecule has 0 radical (unpaired) electrons. The van der Waals surface area contributed by atoms with Crippen molar-refractivity contribution in [1.29, 1.82) is 5.26 Å². The van der Waals surface area contributed by atoms with Crippen LogP contribution in [0.15, 0.2) is 24.3 Å². The number of rotatable bonds is 20. The summed E-state index contributed by atoms with van der Waals surface area (Å²) in [5.74, 6) is -1.65. The summed E-state index contributed by atoms with van der Waals surface area (Å²) in [7, 11) is 8.41. The van der Waals surface area contributed by atoms with Gasteiger partial charge in [-0.2, -0.15) is 5.26 Å². The number of nitrogen functional groups attached to an aromatic ring is 1. The van der Waals surface area contributed by atoms with Crippen LogP contribution in [-0.2, 0) is 35.1 Å². The van der Waals surface area contributed by atoms with Crippen LogP contribution in [0.3, 0.4) is 0 Å². The Morgan fingerprint density at radius 1 is 1.08 bits per heavy atom. The monoisotopic (exact) mass is 713 g/mol. The Bertz CT molecular complexity index is 1330. The number of methoxy groups -OCH3 is 2. The standard InChI is InChI=1S/C38H63N7O6/c1-11-25(4)35(44(8)38(49)34(24(2)3)42-32(46)23-43(6)7)31(50-9)22-33(47)45-19-13-16-30(45)36(51-10)26(5)37(48)41-29(17-18-39)21-27-14-12-15-28(40)20-27/h12,14-15,20,24-26,29-31,34-36H,11,13,16-17,19,21-23,40H2,1-10H3,(H,41,48)(H,42,46)/t25-,26+,29+,30-,31+,34?,35-,36+/m0/s1. The van der Waals surface area contributed by atoms with Crippen molar-refractivity contribution >= 4 is 29.3 Å². The molecule has 1 aromatic carbocycles. The van der Waals surface area contributed by atoms with Gasteiger partial charge in [0.15, 0.2) is 0 Å². The minimum atomic E-state index is -0.737. The van der Waals surface area contributed by atoms with E-state index in [0.717, 1.165) is 18.4 Å². The maximum Gasteiger partial charge on any atom is 0.245 e. The van der Waals surface area contributed by atoms with Crippen molar-refractivity contribution < 1.29 is 28.7 Å². The number of likely N-dealkylation sites (tertiary alicyclic amines) is 1. The quantitative estimate of drug-likeness (QED) is 0.172. The molecule has 4 amide bonds. The first kappa shape index (κ1) is 43.4. The summed E-state index contributed by atoms with van der Waals surface area (Å²) in [6, 6.07) is 7.61. The molecule has 13 nitrogen and oxygen atoms in total. The smallest absolute Gasteiger partial charge is 0.245 e. The van der Waals surface area contributed by atoms with Crippen LogP contribution in [0, 0.1) is 29.1 Å². The molecule has 8 atom stereocenters. The van der Waals surface area contributed by atoms with E-state index in [2.05, 4.69) is 16.7 Å². The van der Waals surface area contributed by atoms with Crippen LogP contribution >= 0.6 is 0 Å². The third kappa shape index (κ3) is 12.5. The third-order valence-electron chi connectivity index (χ3n) is 10.1. The number of nitriles is 1. The van der Waals surface area contributed by atoms with E-state index in [9.17, 15) is 24.4 Å². The Balaban J connectivity index is 2.24. The minimum absolute atomic E-state index is 0.0134. The number of nitrogens with one attached hydrogen (secondary N) is 2. The highest BCUT2D eigenvalue weighted by Crippen LogP contribution is 2.30. The van der Waals surface area contributed by atoms with Gasteiger partial charge >= 0.3 is 0 Å². The molecule has 0 aromatic heterocycles. The maximum atomic E-state index is 14.1. The number of hydrogen-bond acceptors (Lipinski definition) is 9. The topological polar surface area (TPSA) is 170 Å². The summed E-state index contributed by atoms with van der Waals surface area (Å²) >= 11 is 0. The largest absolute Gasteiger partial charge is 0.399 e. The highest BCUT2D eigenvalue weighted by Gasteiger charge is 2.43. The van der Waals surface area contributed by atoms with E-state index in [1.165, 1.54) is 0 Å². The summed E-state index contributed by atoms with van der Waals surface area (Å²) in [5.41, 5.74) is 7.47. The molecule has 1 saturated heterocycles. The van der Waals surface area contributed by atoms with E-state index in [1.807, 2.05) is 45.9 Å². The van der Waals surface area contributed by atoms with Crippen LogP contribution < -0.4 is 16.4 Å². The average Bonchev–Trinajstić information content (AvgIpc) is 3.56. The second-order valence-electron chi connectivity index (χ2n) is 14.6. The predicted molar refractivity (Wildman–Crippen MR) is 198 cm³/mol. The third-order valence-corrected chi connectivity index (χ3v) is 10.1. The van der Waals surface area contributed by atoms with Crippen molar-refractivity contribution in [2.75, 3.05) is 54.2 Å². The van der Waals surface area contributed by atoms with Gasteiger partial charge in [0.25, 0.3) is 0 Å². The summed E-state index contributed by atoms with van der Waals surface area (Å²) in [6.45, 7) is 10.3. The molecule has 1 aliphatic rings. The fraction of sp³-hybridized carbons (Fsp3) is 0.711. The van der Waals surface area contributed by atoms with Crippen molar-refractivity contribution in [1.82, 2.24) is 25.3 Å². The number of nitrogens with two attached hydrogens (primary N) is 1. The van der Waals surface area contributed by atoms with E-state index in [1.54, 1.807) is 63.1 Å². The number of hydrogen-bond donors (Lipinski definition) is 3. The molecule has 1 aromatic rings. The second-order valence-corrected chi connectivity index (χ2v) is 14.6. The van der Waals surface area contributed by atoms with E-state index in [4.69, 9.17) is 15.2 Å². The predicted octanol–water partition coefficient (Wildman–Crippen LogP) is 2.83. The Kier molecular flexibility index (Phi) is 17.8. The number of nitrogens with zero attached hydrogens (tertiary/aromatic N) is 4. The van der Waals surface area contributed by atoms with Gasteiger partial charge in [-0.1, -0.05) is 53.2 Å². The van der Waals surface area contributed by atoms with E-state index in [0.29, 0.717) is 25.1 Å².